The molecule has 0 aliphatic rings. The third kappa shape index (κ3) is 2.55. The van der Waals surface area contributed by atoms with Gasteiger partial charge in [0.15, 0.2) is 0 Å². The molecule has 16 heavy (non-hydrogen) atoms. The lowest BCUT2D eigenvalue weighted by atomic mass is 10.4. The Balaban J connectivity index is 3.53. The van der Waals surface area contributed by atoms with E-state index in [1.165, 1.54) is 12.1 Å². The van der Waals surface area contributed by atoms with Crippen molar-refractivity contribution in [2.75, 3.05) is 0 Å². The molecule has 0 spiro atoms. The molecule has 1 aromatic rings. The predicted molar refractivity (Wildman–Crippen MR) is 63.9 cm³/mol. The summed E-state index contributed by atoms with van der Waals surface area (Å²) in [5, 5.41) is 8.36. The lowest BCUT2D eigenvalue weighted by molar-refractivity contribution is 0.597. The second-order valence-electron chi connectivity index (χ2n) is 2.69. The first-order chi connectivity index (χ1) is 7.30. The highest BCUT2D eigenvalue weighted by Gasteiger charge is 2.28. The maximum Gasteiger partial charge on any atom is 0.225 e. The van der Waals surface area contributed by atoms with Gasteiger partial charge in [0, 0.05) is 5.02 Å². The molecule has 0 saturated carbocycles. The van der Waals surface area contributed by atoms with E-state index in [4.69, 9.17) is 51.7 Å². The first-order valence-electron chi connectivity index (χ1n) is 3.73. The molecule has 0 radical (unpaired) electrons. The van der Waals surface area contributed by atoms with Crippen LogP contribution in [0.3, 0.4) is 0 Å². The smallest absolute Gasteiger partial charge is 0.221 e. The highest BCUT2D eigenvalue weighted by Crippen LogP contribution is 2.34. The van der Waals surface area contributed by atoms with Crippen molar-refractivity contribution < 1.29 is 8.42 Å². The molecule has 1 unspecified atom stereocenters. The molecule has 0 aliphatic heterocycles. The Labute approximate surface area is 112 Å². The van der Waals surface area contributed by atoms with Gasteiger partial charge >= 0.3 is 0 Å². The van der Waals surface area contributed by atoms with Gasteiger partial charge in [0.05, 0.1) is 21.0 Å². The van der Waals surface area contributed by atoms with Crippen molar-refractivity contribution in [3.05, 3.63) is 27.2 Å². The van der Waals surface area contributed by atoms with Gasteiger partial charge in [-0.2, -0.15) is 5.26 Å². The van der Waals surface area contributed by atoms with E-state index < -0.39 is 14.5 Å². The van der Waals surface area contributed by atoms with Crippen LogP contribution < -0.4 is 0 Å². The molecule has 1 rings (SSSR count). The van der Waals surface area contributed by atoms with E-state index in [0.29, 0.717) is 0 Å². The fourth-order valence-electron chi connectivity index (χ4n) is 0.920. The van der Waals surface area contributed by atoms with Crippen LogP contribution >= 0.6 is 46.4 Å². The summed E-state index contributed by atoms with van der Waals surface area (Å²) in [7, 11) is -4.06. The van der Waals surface area contributed by atoms with Crippen molar-refractivity contribution in [1.82, 2.24) is 0 Å². The molecule has 0 heterocycles. The zero-order valence-electron chi connectivity index (χ0n) is 7.42. The van der Waals surface area contributed by atoms with Crippen LogP contribution in [-0.4, -0.2) is 13.1 Å². The van der Waals surface area contributed by atoms with Gasteiger partial charge in [0.1, 0.15) is 0 Å². The standard InChI is InChI=1S/C8H3Cl4NO2S/c9-4-1-5(10)8(12)6(2-4)16(14,15)7(11)3-13/h1-2,7H. The fraction of sp³-hybridized carbons (Fsp3) is 0.125. The summed E-state index contributed by atoms with van der Waals surface area (Å²) in [6.45, 7) is 0. The van der Waals surface area contributed by atoms with Crippen LogP contribution in [0, 0.1) is 11.3 Å². The summed E-state index contributed by atoms with van der Waals surface area (Å²) in [6.07, 6.45) is 0. The molecule has 0 amide bonds. The molecular formula is C8H3Cl4NO2S. The molecule has 3 nitrogen and oxygen atoms in total. The van der Waals surface area contributed by atoms with Gasteiger partial charge in [0.25, 0.3) is 0 Å². The number of benzene rings is 1. The van der Waals surface area contributed by atoms with Crippen LogP contribution in [0.1, 0.15) is 0 Å². The zero-order chi connectivity index (χ0) is 12.5. The minimum Gasteiger partial charge on any atom is -0.221 e. The molecule has 0 bridgehead atoms. The summed E-state index contributed by atoms with van der Waals surface area (Å²) in [6, 6.07) is 3.79. The number of hydrogen-bond acceptors (Lipinski definition) is 3. The first-order valence-corrected chi connectivity index (χ1v) is 6.84. The van der Waals surface area contributed by atoms with Crippen molar-refractivity contribution in [3.8, 4) is 6.07 Å². The number of sulfone groups is 1. The summed E-state index contributed by atoms with van der Waals surface area (Å²) in [4.78, 5) is -0.354. The van der Waals surface area contributed by atoms with E-state index >= 15 is 0 Å². The minimum absolute atomic E-state index is 0.0189. The summed E-state index contributed by atoms with van der Waals surface area (Å²) < 4.78 is 21.7. The first kappa shape index (κ1) is 13.9. The van der Waals surface area contributed by atoms with E-state index in [1.807, 2.05) is 0 Å². The lowest BCUT2D eigenvalue weighted by Gasteiger charge is -2.08. The fourth-order valence-corrected chi connectivity index (χ4v) is 3.27. The van der Waals surface area contributed by atoms with Gasteiger partial charge in [-0.25, -0.2) is 8.42 Å². The normalized spacial score (nSPS) is 13.2. The molecule has 8 heteroatoms. The number of nitriles is 1. The quantitative estimate of drug-likeness (QED) is 0.619. The molecule has 1 aromatic carbocycles. The number of alkyl halides is 1. The van der Waals surface area contributed by atoms with Gasteiger partial charge in [-0.1, -0.05) is 46.4 Å². The van der Waals surface area contributed by atoms with Gasteiger partial charge in [0.2, 0.25) is 14.5 Å². The topological polar surface area (TPSA) is 57.9 Å². The van der Waals surface area contributed by atoms with Crippen molar-refractivity contribution in [2.45, 2.75) is 9.60 Å². The van der Waals surface area contributed by atoms with Crippen molar-refractivity contribution >= 4 is 56.2 Å². The van der Waals surface area contributed by atoms with Crippen LogP contribution in [0.2, 0.25) is 15.1 Å². The largest absolute Gasteiger partial charge is 0.225 e. The molecule has 0 saturated heterocycles. The van der Waals surface area contributed by atoms with Crippen LogP contribution in [0.25, 0.3) is 0 Å². The van der Waals surface area contributed by atoms with Crippen LogP contribution in [-0.2, 0) is 9.84 Å². The number of nitrogens with zero attached hydrogens (tertiary/aromatic N) is 1. The Morgan fingerprint density at radius 1 is 1.25 bits per heavy atom. The Morgan fingerprint density at radius 2 is 1.81 bits per heavy atom. The van der Waals surface area contributed by atoms with Crippen molar-refractivity contribution in [1.29, 1.82) is 5.26 Å². The van der Waals surface area contributed by atoms with E-state index in [0.717, 1.165) is 6.07 Å². The number of rotatable bonds is 2. The minimum atomic E-state index is -4.06. The second-order valence-corrected chi connectivity index (χ2v) is 6.61. The third-order valence-electron chi connectivity index (χ3n) is 1.64. The van der Waals surface area contributed by atoms with Crippen molar-refractivity contribution in [3.63, 3.8) is 0 Å². The van der Waals surface area contributed by atoms with Gasteiger partial charge < -0.3 is 0 Å². The highest BCUT2D eigenvalue weighted by molar-refractivity contribution is 7.93. The monoisotopic (exact) mass is 317 g/mol. The average Bonchev–Trinajstić information content (AvgIpc) is 2.21. The third-order valence-corrected chi connectivity index (χ3v) is 5.16. The molecule has 0 aliphatic carbocycles. The number of halogens is 4. The van der Waals surface area contributed by atoms with Crippen molar-refractivity contribution in [2.24, 2.45) is 0 Å². The molecule has 0 fully saturated rings. The molecule has 0 N–H and O–H groups in total. The maximum atomic E-state index is 11.7. The summed E-state index contributed by atoms with van der Waals surface area (Å²) in [5.74, 6) is 0. The van der Waals surface area contributed by atoms with Crippen LogP contribution in [0.4, 0.5) is 0 Å². The van der Waals surface area contributed by atoms with Gasteiger partial charge in [-0.05, 0) is 12.1 Å². The number of hydrogen-bond donors (Lipinski definition) is 0. The molecule has 1 atom stereocenters. The Hall–Kier alpha value is -0.180. The van der Waals surface area contributed by atoms with E-state index in [-0.39, 0.29) is 20.0 Å². The van der Waals surface area contributed by atoms with Gasteiger partial charge in [-0.3, -0.25) is 0 Å². The second kappa shape index (κ2) is 4.99. The Kier molecular flexibility index (Phi) is 4.33. The average molecular weight is 319 g/mol. The maximum absolute atomic E-state index is 11.7. The van der Waals surface area contributed by atoms with Crippen LogP contribution in [0.15, 0.2) is 17.0 Å². The molecular weight excluding hydrogens is 316 g/mol. The molecule has 0 aromatic heterocycles. The lowest BCUT2D eigenvalue weighted by Crippen LogP contribution is -2.14. The van der Waals surface area contributed by atoms with Crippen LogP contribution in [0.5, 0.6) is 0 Å². The SMILES string of the molecule is N#CC(Cl)S(=O)(=O)c1cc(Cl)cc(Cl)c1Cl. The highest BCUT2D eigenvalue weighted by atomic mass is 35.5. The predicted octanol–water partition coefficient (Wildman–Crippen LogP) is 3.51. The zero-order valence-corrected chi connectivity index (χ0v) is 11.3. The Bertz CT molecular complexity index is 564. The van der Waals surface area contributed by atoms with E-state index in [1.54, 1.807) is 0 Å². The van der Waals surface area contributed by atoms with E-state index in [2.05, 4.69) is 0 Å². The Morgan fingerprint density at radius 3 is 2.31 bits per heavy atom. The summed E-state index contributed by atoms with van der Waals surface area (Å²) in [5.41, 5.74) is 0. The molecule has 86 valence electrons. The van der Waals surface area contributed by atoms with Gasteiger partial charge in [-0.15, -0.1) is 0 Å². The summed E-state index contributed by atoms with van der Waals surface area (Å²) >= 11 is 22.4. The van der Waals surface area contributed by atoms with E-state index in [9.17, 15) is 8.42 Å².